The minimum Gasteiger partial charge on any atom is -0.497 e. The van der Waals surface area contributed by atoms with E-state index in [-0.39, 0.29) is 0 Å². The van der Waals surface area contributed by atoms with Gasteiger partial charge in [-0.3, -0.25) is 0 Å². The van der Waals surface area contributed by atoms with E-state index in [1.54, 1.807) is 53.3 Å². The summed E-state index contributed by atoms with van der Waals surface area (Å²) in [6.45, 7) is 2.12. The lowest BCUT2D eigenvalue weighted by molar-refractivity contribution is 0.415. The van der Waals surface area contributed by atoms with Crippen molar-refractivity contribution in [3.63, 3.8) is 0 Å². The standard InChI is InChI=1S/C15H15N3OS4/c1-3-20-14-17-18-15(23-14)22-9-11-8-21-13(16-11)10-4-6-12(19-2)7-5-10/h4-8H,3,9H2,1-2H3. The van der Waals surface area contributed by atoms with Crippen LogP contribution in [0.2, 0.25) is 0 Å². The van der Waals surface area contributed by atoms with Gasteiger partial charge >= 0.3 is 0 Å². The molecular formula is C15H15N3OS4. The highest BCUT2D eigenvalue weighted by Crippen LogP contribution is 2.32. The molecule has 0 bridgehead atoms. The number of benzene rings is 1. The maximum absolute atomic E-state index is 5.18. The zero-order chi connectivity index (χ0) is 16.1. The second-order valence-corrected chi connectivity index (χ2v) is 9.00. The van der Waals surface area contributed by atoms with Crippen molar-refractivity contribution >= 4 is 46.2 Å². The van der Waals surface area contributed by atoms with Crippen molar-refractivity contribution in [3.05, 3.63) is 35.3 Å². The second kappa shape index (κ2) is 8.14. The number of methoxy groups -OCH3 is 1. The van der Waals surface area contributed by atoms with Gasteiger partial charge in [-0.2, -0.15) is 0 Å². The summed E-state index contributed by atoms with van der Waals surface area (Å²) in [6.07, 6.45) is 0. The Morgan fingerprint density at radius 1 is 1.09 bits per heavy atom. The highest BCUT2D eigenvalue weighted by Gasteiger charge is 2.08. The molecule has 2 heterocycles. The average Bonchev–Trinajstić information content (AvgIpc) is 3.23. The third-order valence-corrected chi connectivity index (χ3v) is 6.93. The fourth-order valence-electron chi connectivity index (χ4n) is 1.81. The summed E-state index contributed by atoms with van der Waals surface area (Å²) in [4.78, 5) is 4.70. The van der Waals surface area contributed by atoms with E-state index in [2.05, 4.69) is 22.5 Å². The minimum absolute atomic E-state index is 0.818. The number of thioether (sulfide) groups is 2. The molecule has 2 aromatic heterocycles. The van der Waals surface area contributed by atoms with E-state index in [4.69, 9.17) is 9.72 Å². The first kappa shape index (κ1) is 16.8. The summed E-state index contributed by atoms with van der Waals surface area (Å²) in [6, 6.07) is 7.99. The Morgan fingerprint density at radius 2 is 1.83 bits per heavy atom. The van der Waals surface area contributed by atoms with Crippen molar-refractivity contribution in [2.75, 3.05) is 12.9 Å². The molecule has 0 saturated heterocycles. The van der Waals surface area contributed by atoms with E-state index in [0.29, 0.717) is 0 Å². The maximum Gasteiger partial charge on any atom is 0.175 e. The summed E-state index contributed by atoms with van der Waals surface area (Å²) in [5.41, 5.74) is 2.19. The van der Waals surface area contributed by atoms with Crippen LogP contribution in [0, 0.1) is 0 Å². The van der Waals surface area contributed by atoms with E-state index in [0.717, 1.165) is 42.2 Å². The maximum atomic E-state index is 5.18. The van der Waals surface area contributed by atoms with Crippen LogP contribution in [0.25, 0.3) is 10.6 Å². The molecule has 0 unspecified atom stereocenters. The van der Waals surface area contributed by atoms with Gasteiger partial charge in [0.2, 0.25) is 0 Å². The molecule has 0 spiro atoms. The SMILES string of the molecule is CCSc1nnc(SCc2csc(-c3ccc(OC)cc3)n2)s1. The lowest BCUT2D eigenvalue weighted by atomic mass is 10.2. The Morgan fingerprint density at radius 3 is 2.52 bits per heavy atom. The van der Waals surface area contributed by atoms with Crippen LogP contribution in [-0.4, -0.2) is 28.0 Å². The van der Waals surface area contributed by atoms with Gasteiger partial charge in [0, 0.05) is 16.7 Å². The third-order valence-electron chi connectivity index (χ3n) is 2.89. The van der Waals surface area contributed by atoms with Gasteiger partial charge < -0.3 is 4.74 Å². The number of hydrogen-bond acceptors (Lipinski definition) is 8. The van der Waals surface area contributed by atoms with Crippen molar-refractivity contribution in [1.29, 1.82) is 0 Å². The molecule has 0 aliphatic heterocycles. The normalized spacial score (nSPS) is 10.9. The van der Waals surface area contributed by atoms with Gasteiger partial charge in [0.25, 0.3) is 0 Å². The molecule has 0 amide bonds. The van der Waals surface area contributed by atoms with Crippen LogP contribution in [0.4, 0.5) is 0 Å². The van der Waals surface area contributed by atoms with E-state index in [1.165, 1.54) is 0 Å². The van der Waals surface area contributed by atoms with Gasteiger partial charge in [-0.25, -0.2) is 4.98 Å². The van der Waals surface area contributed by atoms with Gasteiger partial charge in [0.15, 0.2) is 8.68 Å². The Kier molecular flexibility index (Phi) is 5.93. The summed E-state index contributed by atoms with van der Waals surface area (Å²) < 4.78 is 7.22. The molecule has 120 valence electrons. The van der Waals surface area contributed by atoms with Crippen LogP contribution >= 0.6 is 46.2 Å². The Balaban J connectivity index is 1.62. The van der Waals surface area contributed by atoms with Gasteiger partial charge in [0.1, 0.15) is 10.8 Å². The zero-order valence-corrected chi connectivity index (χ0v) is 15.9. The summed E-state index contributed by atoms with van der Waals surface area (Å²) >= 11 is 6.73. The predicted octanol–water partition coefficient (Wildman–Crippen LogP) is 5.07. The topological polar surface area (TPSA) is 47.9 Å². The van der Waals surface area contributed by atoms with Gasteiger partial charge in [-0.1, -0.05) is 41.8 Å². The van der Waals surface area contributed by atoms with Crippen LogP contribution in [0.5, 0.6) is 5.75 Å². The number of hydrogen-bond donors (Lipinski definition) is 0. The van der Waals surface area contributed by atoms with Gasteiger partial charge in [0.05, 0.1) is 12.8 Å². The van der Waals surface area contributed by atoms with E-state index < -0.39 is 0 Å². The second-order valence-electron chi connectivity index (χ2n) is 4.43. The van der Waals surface area contributed by atoms with Crippen LogP contribution in [0.15, 0.2) is 38.3 Å². The van der Waals surface area contributed by atoms with Crippen molar-refractivity contribution < 1.29 is 4.74 Å². The average molecular weight is 382 g/mol. The molecule has 3 rings (SSSR count). The molecule has 4 nitrogen and oxygen atoms in total. The molecule has 0 fully saturated rings. The molecule has 1 aromatic carbocycles. The molecular weight excluding hydrogens is 366 g/mol. The lowest BCUT2D eigenvalue weighted by Gasteiger charge is -2.00. The Hall–Kier alpha value is -1.09. The van der Waals surface area contributed by atoms with Crippen LogP contribution in [-0.2, 0) is 5.75 Å². The third kappa shape index (κ3) is 4.47. The first-order chi connectivity index (χ1) is 11.3. The number of ether oxygens (including phenoxy) is 1. The molecule has 0 aliphatic carbocycles. The Bertz CT molecular complexity index is 754. The fourth-order valence-corrected chi connectivity index (χ4v) is 5.55. The zero-order valence-electron chi connectivity index (χ0n) is 12.7. The van der Waals surface area contributed by atoms with Crippen LogP contribution in [0.1, 0.15) is 12.6 Å². The number of rotatable bonds is 7. The van der Waals surface area contributed by atoms with Crippen molar-refractivity contribution in [2.45, 2.75) is 21.4 Å². The molecule has 0 atom stereocenters. The number of nitrogens with zero attached hydrogens (tertiary/aromatic N) is 3. The summed E-state index contributed by atoms with van der Waals surface area (Å²) in [7, 11) is 1.67. The van der Waals surface area contributed by atoms with Gasteiger partial charge in [-0.15, -0.1) is 21.5 Å². The Labute approximate surface area is 151 Å². The lowest BCUT2D eigenvalue weighted by Crippen LogP contribution is -1.84. The predicted molar refractivity (Wildman–Crippen MR) is 100.0 cm³/mol. The first-order valence-electron chi connectivity index (χ1n) is 6.96. The molecule has 8 heteroatoms. The van der Waals surface area contributed by atoms with Crippen molar-refractivity contribution in [1.82, 2.24) is 15.2 Å². The molecule has 0 aliphatic rings. The smallest absolute Gasteiger partial charge is 0.175 e. The highest BCUT2D eigenvalue weighted by atomic mass is 32.2. The van der Waals surface area contributed by atoms with Crippen molar-refractivity contribution in [3.8, 4) is 16.3 Å². The molecule has 23 heavy (non-hydrogen) atoms. The molecule has 3 aromatic rings. The minimum atomic E-state index is 0.818. The van der Waals surface area contributed by atoms with Crippen LogP contribution in [0.3, 0.4) is 0 Å². The number of aromatic nitrogens is 3. The van der Waals surface area contributed by atoms with E-state index in [1.807, 2.05) is 24.3 Å². The monoisotopic (exact) mass is 381 g/mol. The quantitative estimate of drug-likeness (QED) is 0.532. The summed E-state index contributed by atoms with van der Waals surface area (Å²) in [5, 5.41) is 11.5. The highest BCUT2D eigenvalue weighted by molar-refractivity contribution is 8.02. The van der Waals surface area contributed by atoms with Crippen molar-refractivity contribution in [2.24, 2.45) is 0 Å². The van der Waals surface area contributed by atoms with Gasteiger partial charge in [-0.05, 0) is 30.0 Å². The fraction of sp³-hybridized carbons (Fsp3) is 0.267. The first-order valence-corrected chi connectivity index (χ1v) is 10.6. The molecule has 0 radical (unpaired) electrons. The van der Waals surface area contributed by atoms with E-state index in [9.17, 15) is 0 Å². The molecule has 0 saturated carbocycles. The molecule has 0 N–H and O–H groups in total. The van der Waals surface area contributed by atoms with Crippen LogP contribution < -0.4 is 4.74 Å². The largest absolute Gasteiger partial charge is 0.497 e. The number of thiazole rings is 1. The van der Waals surface area contributed by atoms with E-state index >= 15 is 0 Å². The summed E-state index contributed by atoms with van der Waals surface area (Å²) in [5.74, 6) is 2.70.